The van der Waals surface area contributed by atoms with Gasteiger partial charge < -0.3 is 0 Å². The molecular weight excluding hydrogens is 408 g/mol. The molecule has 2 aromatic rings. The minimum atomic E-state index is -0.555. The van der Waals surface area contributed by atoms with Gasteiger partial charge in [-0.2, -0.15) is 10.2 Å². The molecule has 2 amide bonds. The van der Waals surface area contributed by atoms with E-state index in [-0.39, 0.29) is 41.8 Å². The molecule has 0 aliphatic heterocycles. The zero-order valence-corrected chi connectivity index (χ0v) is 16.1. The highest BCUT2D eigenvalue weighted by Gasteiger charge is 2.11. The molecule has 12 heteroatoms. The van der Waals surface area contributed by atoms with Gasteiger partial charge in [0.25, 0.3) is 11.4 Å². The van der Waals surface area contributed by atoms with Crippen LogP contribution in [0.15, 0.2) is 58.7 Å². The van der Waals surface area contributed by atoms with Gasteiger partial charge in [0.15, 0.2) is 0 Å². The lowest BCUT2D eigenvalue weighted by atomic mass is 10.2. The van der Waals surface area contributed by atoms with Gasteiger partial charge in [-0.3, -0.25) is 29.8 Å². The number of nitrogens with one attached hydrogen (secondary N) is 2. The molecule has 0 aliphatic rings. The summed E-state index contributed by atoms with van der Waals surface area (Å²) in [6.45, 7) is 0. The predicted molar refractivity (Wildman–Crippen MR) is 112 cm³/mol. The van der Waals surface area contributed by atoms with Crippen LogP contribution < -0.4 is 10.9 Å². The molecule has 0 atom stereocenters. The van der Waals surface area contributed by atoms with Crippen molar-refractivity contribution in [1.82, 2.24) is 10.9 Å². The summed E-state index contributed by atoms with van der Waals surface area (Å²) in [7, 11) is 0. The fourth-order valence-corrected chi connectivity index (χ4v) is 2.39. The molecule has 0 saturated carbocycles. The van der Waals surface area contributed by atoms with Gasteiger partial charge in [0.05, 0.1) is 33.4 Å². The minimum Gasteiger partial charge on any atom is -0.273 e. The number of nitrogens with zero attached hydrogens (tertiary/aromatic N) is 4. The molecule has 0 fully saturated rings. The molecular formula is C19H18N6O6. The molecule has 0 spiro atoms. The summed E-state index contributed by atoms with van der Waals surface area (Å²) >= 11 is 0. The lowest BCUT2D eigenvalue weighted by molar-refractivity contribution is -0.385. The summed E-state index contributed by atoms with van der Waals surface area (Å²) in [5, 5.41) is 29.2. The van der Waals surface area contributed by atoms with Crippen molar-refractivity contribution < 1.29 is 19.4 Å². The Morgan fingerprint density at radius 3 is 1.55 bits per heavy atom. The Morgan fingerprint density at radius 2 is 1.16 bits per heavy atom. The molecule has 2 aromatic carbocycles. The maximum absolute atomic E-state index is 11.8. The first kappa shape index (κ1) is 22.8. The largest absolute Gasteiger partial charge is 0.278 e. The van der Waals surface area contributed by atoms with Gasteiger partial charge in [-0.1, -0.05) is 24.3 Å². The van der Waals surface area contributed by atoms with Crippen LogP contribution in [0, 0.1) is 20.2 Å². The third kappa shape index (κ3) is 7.45. The van der Waals surface area contributed by atoms with Crippen LogP contribution in [-0.2, 0) is 9.59 Å². The molecule has 0 aromatic heterocycles. The summed E-state index contributed by atoms with van der Waals surface area (Å²) in [5.74, 6) is -0.933. The molecule has 31 heavy (non-hydrogen) atoms. The summed E-state index contributed by atoms with van der Waals surface area (Å²) in [5.41, 5.74) is 4.67. The highest BCUT2D eigenvalue weighted by Crippen LogP contribution is 2.15. The Labute approximate surface area is 176 Å². The topological polar surface area (TPSA) is 169 Å². The second kappa shape index (κ2) is 11.5. The van der Waals surface area contributed by atoms with E-state index in [1.807, 2.05) is 0 Å². The van der Waals surface area contributed by atoms with Crippen molar-refractivity contribution in [2.75, 3.05) is 0 Å². The standard InChI is InChI=1S/C19H18N6O6/c26-18(22-20-12-14-6-1-3-8-16(14)24(28)29)10-5-11-19(27)23-21-13-15-7-2-4-9-17(15)25(30)31/h1-4,6-9,12-13H,5,10-11H2,(H,22,26)(H,23,27)/b20-12+,21-13?. The minimum absolute atomic E-state index is 0.00445. The third-order valence-corrected chi connectivity index (χ3v) is 3.86. The monoisotopic (exact) mass is 426 g/mol. The summed E-state index contributed by atoms with van der Waals surface area (Å²) in [6, 6.07) is 11.9. The molecule has 0 radical (unpaired) electrons. The Balaban J connectivity index is 1.73. The van der Waals surface area contributed by atoms with Crippen molar-refractivity contribution in [3.05, 3.63) is 79.9 Å². The van der Waals surface area contributed by atoms with E-state index in [1.165, 1.54) is 48.8 Å². The van der Waals surface area contributed by atoms with E-state index in [0.29, 0.717) is 0 Å². The van der Waals surface area contributed by atoms with E-state index in [2.05, 4.69) is 21.1 Å². The second-order valence-electron chi connectivity index (χ2n) is 6.07. The number of nitro groups is 2. The Morgan fingerprint density at radius 1 is 0.774 bits per heavy atom. The van der Waals surface area contributed by atoms with E-state index in [4.69, 9.17) is 0 Å². The predicted octanol–water partition coefficient (Wildman–Crippen LogP) is 2.27. The number of hydrazone groups is 2. The van der Waals surface area contributed by atoms with E-state index in [0.717, 1.165) is 0 Å². The number of amides is 2. The van der Waals surface area contributed by atoms with Crippen molar-refractivity contribution in [1.29, 1.82) is 0 Å². The number of hydrogen-bond donors (Lipinski definition) is 2. The highest BCUT2D eigenvalue weighted by atomic mass is 16.6. The van der Waals surface area contributed by atoms with E-state index < -0.39 is 21.7 Å². The van der Waals surface area contributed by atoms with Crippen LogP contribution in [0.1, 0.15) is 30.4 Å². The fraction of sp³-hybridized carbons (Fsp3) is 0.158. The van der Waals surface area contributed by atoms with E-state index in [9.17, 15) is 29.8 Å². The van der Waals surface area contributed by atoms with Crippen LogP contribution in [0.5, 0.6) is 0 Å². The lowest BCUT2D eigenvalue weighted by Crippen LogP contribution is -2.20. The number of carbonyl (C=O) groups excluding carboxylic acids is 2. The second-order valence-corrected chi connectivity index (χ2v) is 6.07. The summed E-state index contributed by atoms with van der Waals surface area (Å²) in [4.78, 5) is 44.2. The van der Waals surface area contributed by atoms with Gasteiger partial charge in [-0.15, -0.1) is 0 Å². The normalized spacial score (nSPS) is 10.8. The summed E-state index contributed by atoms with van der Waals surface area (Å²) < 4.78 is 0. The zero-order valence-electron chi connectivity index (χ0n) is 16.1. The Hall–Kier alpha value is -4.48. The SMILES string of the molecule is O=C(CCCC(=O)N/N=C/c1ccccc1[N+](=O)[O-])NN=Cc1ccccc1[N+](=O)[O-]. The zero-order chi connectivity index (χ0) is 22.6. The van der Waals surface area contributed by atoms with Gasteiger partial charge in [0.2, 0.25) is 11.8 Å². The van der Waals surface area contributed by atoms with E-state index >= 15 is 0 Å². The van der Waals surface area contributed by atoms with Gasteiger partial charge in [0.1, 0.15) is 0 Å². The van der Waals surface area contributed by atoms with Crippen molar-refractivity contribution in [3.8, 4) is 0 Å². The molecule has 2 N–H and O–H groups in total. The number of nitro benzene ring substituents is 2. The smallest absolute Gasteiger partial charge is 0.273 e. The van der Waals surface area contributed by atoms with Gasteiger partial charge >= 0.3 is 0 Å². The number of para-hydroxylation sites is 2. The molecule has 160 valence electrons. The van der Waals surface area contributed by atoms with Crippen LogP contribution >= 0.6 is 0 Å². The van der Waals surface area contributed by atoms with Crippen molar-refractivity contribution in [2.45, 2.75) is 19.3 Å². The van der Waals surface area contributed by atoms with Crippen LogP contribution in [0.4, 0.5) is 11.4 Å². The third-order valence-electron chi connectivity index (χ3n) is 3.86. The van der Waals surface area contributed by atoms with Gasteiger partial charge in [-0.05, 0) is 18.6 Å². The number of carbonyl (C=O) groups is 2. The molecule has 0 unspecified atom stereocenters. The molecule has 12 nitrogen and oxygen atoms in total. The molecule has 0 saturated heterocycles. The first-order chi connectivity index (χ1) is 14.9. The highest BCUT2D eigenvalue weighted by molar-refractivity contribution is 5.87. The maximum atomic E-state index is 11.8. The van der Waals surface area contributed by atoms with Crippen molar-refractivity contribution in [3.63, 3.8) is 0 Å². The van der Waals surface area contributed by atoms with Crippen LogP contribution in [-0.4, -0.2) is 34.1 Å². The molecule has 0 aliphatic carbocycles. The first-order valence-electron chi connectivity index (χ1n) is 8.99. The fourth-order valence-electron chi connectivity index (χ4n) is 2.39. The molecule has 0 heterocycles. The lowest BCUT2D eigenvalue weighted by Gasteiger charge is -2.01. The number of hydrogen-bond acceptors (Lipinski definition) is 8. The van der Waals surface area contributed by atoms with Crippen LogP contribution in [0.25, 0.3) is 0 Å². The van der Waals surface area contributed by atoms with Crippen molar-refractivity contribution in [2.24, 2.45) is 10.2 Å². The quantitative estimate of drug-likeness (QED) is 0.335. The van der Waals surface area contributed by atoms with Crippen LogP contribution in [0.2, 0.25) is 0 Å². The number of rotatable bonds is 10. The average Bonchev–Trinajstić information content (AvgIpc) is 2.74. The van der Waals surface area contributed by atoms with Crippen molar-refractivity contribution >= 4 is 35.6 Å². The van der Waals surface area contributed by atoms with Gasteiger partial charge in [0, 0.05) is 25.0 Å². The first-order valence-corrected chi connectivity index (χ1v) is 8.99. The molecule has 0 bridgehead atoms. The van der Waals surface area contributed by atoms with E-state index in [1.54, 1.807) is 12.1 Å². The number of benzene rings is 2. The maximum Gasteiger partial charge on any atom is 0.278 e. The Kier molecular flexibility index (Phi) is 8.46. The van der Waals surface area contributed by atoms with Gasteiger partial charge in [-0.25, -0.2) is 10.9 Å². The Bertz CT molecular complexity index is 955. The summed E-state index contributed by atoms with van der Waals surface area (Å²) in [6.07, 6.45) is 2.53. The van der Waals surface area contributed by atoms with Crippen LogP contribution in [0.3, 0.4) is 0 Å². The molecule has 2 rings (SSSR count). The average molecular weight is 426 g/mol.